The number of rotatable bonds is 7. The molecule has 0 amide bonds. The highest BCUT2D eigenvalue weighted by Crippen LogP contribution is 2.02. The summed E-state index contributed by atoms with van der Waals surface area (Å²) in [7, 11) is 0. The zero-order valence-electron chi connectivity index (χ0n) is 9.38. The van der Waals surface area contributed by atoms with Crippen LogP contribution in [0.15, 0.2) is 0 Å². The average Bonchev–Trinajstić information content (AvgIpc) is 2.17. The lowest BCUT2D eigenvalue weighted by atomic mass is 10.1. The molecule has 0 spiro atoms. The molecule has 0 rings (SSSR count). The SMILES string of the molecule is CCCC(N[C@@H](C)C(=O)Cl)C(=O)OCC. The number of ether oxygens (including phenoxy) is 1. The lowest BCUT2D eigenvalue weighted by Crippen LogP contribution is -2.45. The third kappa shape index (κ3) is 5.74. The van der Waals surface area contributed by atoms with Gasteiger partial charge in [-0.1, -0.05) is 13.3 Å². The van der Waals surface area contributed by atoms with Crippen LogP contribution in [0.25, 0.3) is 0 Å². The Morgan fingerprint density at radius 3 is 2.40 bits per heavy atom. The van der Waals surface area contributed by atoms with E-state index in [1.165, 1.54) is 0 Å². The van der Waals surface area contributed by atoms with Gasteiger partial charge in [0.05, 0.1) is 12.6 Å². The van der Waals surface area contributed by atoms with Gasteiger partial charge < -0.3 is 4.74 Å². The van der Waals surface area contributed by atoms with Crippen LogP contribution in [0.2, 0.25) is 0 Å². The number of nitrogens with one attached hydrogen (secondary N) is 1. The van der Waals surface area contributed by atoms with Crippen LogP contribution in [0.4, 0.5) is 0 Å². The van der Waals surface area contributed by atoms with Crippen molar-refractivity contribution in [3.05, 3.63) is 0 Å². The van der Waals surface area contributed by atoms with Crippen molar-refractivity contribution in [3.63, 3.8) is 0 Å². The molecule has 2 atom stereocenters. The van der Waals surface area contributed by atoms with E-state index in [-0.39, 0.29) is 5.97 Å². The van der Waals surface area contributed by atoms with E-state index in [9.17, 15) is 9.59 Å². The first-order valence-electron chi connectivity index (χ1n) is 5.14. The molecule has 1 unspecified atom stereocenters. The summed E-state index contributed by atoms with van der Waals surface area (Å²) >= 11 is 5.30. The molecule has 5 heteroatoms. The highest BCUT2D eigenvalue weighted by molar-refractivity contribution is 6.64. The van der Waals surface area contributed by atoms with Gasteiger partial charge in [-0.15, -0.1) is 0 Å². The summed E-state index contributed by atoms with van der Waals surface area (Å²) in [5.41, 5.74) is 0. The number of hydrogen-bond donors (Lipinski definition) is 1. The van der Waals surface area contributed by atoms with E-state index < -0.39 is 17.3 Å². The molecule has 0 aliphatic carbocycles. The quantitative estimate of drug-likeness (QED) is 0.536. The van der Waals surface area contributed by atoms with Crippen molar-refractivity contribution < 1.29 is 14.3 Å². The molecule has 0 aromatic carbocycles. The maximum absolute atomic E-state index is 11.5. The Morgan fingerprint density at radius 2 is 2.00 bits per heavy atom. The fourth-order valence-corrected chi connectivity index (χ4v) is 1.23. The molecule has 0 saturated carbocycles. The van der Waals surface area contributed by atoms with E-state index in [2.05, 4.69) is 5.32 Å². The molecule has 0 radical (unpaired) electrons. The molecule has 0 fully saturated rings. The Balaban J connectivity index is 4.25. The van der Waals surface area contributed by atoms with E-state index in [0.29, 0.717) is 13.0 Å². The number of esters is 1. The minimum atomic E-state index is -0.535. The van der Waals surface area contributed by atoms with Crippen LogP contribution in [0.5, 0.6) is 0 Å². The highest BCUT2D eigenvalue weighted by atomic mass is 35.5. The Hall–Kier alpha value is -0.610. The van der Waals surface area contributed by atoms with E-state index >= 15 is 0 Å². The third-order valence-corrected chi connectivity index (χ3v) is 2.27. The molecule has 0 heterocycles. The van der Waals surface area contributed by atoms with Gasteiger partial charge in [-0.2, -0.15) is 0 Å². The van der Waals surface area contributed by atoms with Gasteiger partial charge in [0, 0.05) is 0 Å². The minimum Gasteiger partial charge on any atom is -0.465 e. The van der Waals surface area contributed by atoms with E-state index in [4.69, 9.17) is 16.3 Å². The Bertz CT molecular complexity index is 221. The standard InChI is InChI=1S/C10H18ClNO3/c1-4-6-8(10(14)15-5-2)12-7(3)9(11)13/h7-8,12H,4-6H2,1-3H3/t7-,8?/m0/s1. The maximum Gasteiger partial charge on any atom is 0.323 e. The predicted molar refractivity (Wildman–Crippen MR) is 58.8 cm³/mol. The first-order valence-corrected chi connectivity index (χ1v) is 5.52. The zero-order valence-corrected chi connectivity index (χ0v) is 10.1. The van der Waals surface area contributed by atoms with Gasteiger partial charge >= 0.3 is 5.97 Å². The van der Waals surface area contributed by atoms with Crippen LogP contribution >= 0.6 is 11.6 Å². The molecular formula is C10H18ClNO3. The summed E-state index contributed by atoms with van der Waals surface area (Å²) in [4.78, 5) is 22.3. The predicted octanol–water partition coefficient (Wildman–Crippen LogP) is 1.46. The van der Waals surface area contributed by atoms with Crippen LogP contribution < -0.4 is 5.32 Å². The number of hydrogen-bond acceptors (Lipinski definition) is 4. The fraction of sp³-hybridized carbons (Fsp3) is 0.800. The molecule has 0 aromatic heterocycles. The Morgan fingerprint density at radius 1 is 1.40 bits per heavy atom. The minimum absolute atomic E-state index is 0.330. The van der Waals surface area contributed by atoms with Gasteiger partial charge in [0.1, 0.15) is 6.04 Å². The average molecular weight is 236 g/mol. The van der Waals surface area contributed by atoms with Gasteiger partial charge in [-0.3, -0.25) is 14.9 Å². The van der Waals surface area contributed by atoms with E-state index in [0.717, 1.165) is 6.42 Å². The van der Waals surface area contributed by atoms with Crippen molar-refractivity contribution in [1.82, 2.24) is 5.32 Å². The van der Waals surface area contributed by atoms with Gasteiger partial charge in [-0.05, 0) is 31.9 Å². The number of halogens is 1. The second-order valence-corrected chi connectivity index (χ2v) is 3.66. The van der Waals surface area contributed by atoms with Crippen LogP contribution in [-0.4, -0.2) is 29.9 Å². The molecule has 88 valence electrons. The van der Waals surface area contributed by atoms with Crippen molar-refractivity contribution >= 4 is 22.8 Å². The lowest BCUT2D eigenvalue weighted by molar-refractivity contribution is -0.146. The van der Waals surface area contributed by atoms with Crippen molar-refractivity contribution in [2.45, 2.75) is 45.7 Å². The molecule has 0 saturated heterocycles. The first-order chi connectivity index (χ1) is 7.02. The monoisotopic (exact) mass is 235 g/mol. The summed E-state index contributed by atoms with van der Waals surface area (Å²) in [6, 6.07) is -0.986. The second kappa shape index (κ2) is 7.65. The molecule has 15 heavy (non-hydrogen) atoms. The van der Waals surface area contributed by atoms with Crippen LogP contribution in [0.1, 0.15) is 33.6 Å². The van der Waals surface area contributed by atoms with Gasteiger partial charge in [0.25, 0.3) is 0 Å². The normalized spacial score (nSPS) is 14.4. The summed E-state index contributed by atoms with van der Waals surface area (Å²) in [5.74, 6) is -0.330. The Labute approximate surface area is 95.3 Å². The molecule has 0 aromatic rings. The Kier molecular flexibility index (Phi) is 7.34. The van der Waals surface area contributed by atoms with Gasteiger partial charge in [0.2, 0.25) is 5.24 Å². The molecule has 0 aliphatic heterocycles. The van der Waals surface area contributed by atoms with E-state index in [1.807, 2.05) is 6.92 Å². The van der Waals surface area contributed by atoms with Gasteiger partial charge in [-0.25, -0.2) is 0 Å². The summed E-state index contributed by atoms with van der Waals surface area (Å²) in [6.45, 7) is 5.67. The van der Waals surface area contributed by atoms with Crippen LogP contribution in [-0.2, 0) is 14.3 Å². The van der Waals surface area contributed by atoms with Crippen LogP contribution in [0, 0.1) is 0 Å². The molecule has 1 N–H and O–H groups in total. The molecular weight excluding hydrogens is 218 g/mol. The molecule has 0 bridgehead atoms. The first kappa shape index (κ1) is 14.4. The zero-order chi connectivity index (χ0) is 11.8. The van der Waals surface area contributed by atoms with Crippen molar-refractivity contribution in [2.75, 3.05) is 6.61 Å². The van der Waals surface area contributed by atoms with E-state index in [1.54, 1.807) is 13.8 Å². The number of carbonyl (C=O) groups excluding carboxylic acids is 2. The molecule has 4 nitrogen and oxygen atoms in total. The van der Waals surface area contributed by atoms with Gasteiger partial charge in [0.15, 0.2) is 0 Å². The topological polar surface area (TPSA) is 55.4 Å². The maximum atomic E-state index is 11.5. The summed E-state index contributed by atoms with van der Waals surface area (Å²) < 4.78 is 4.88. The third-order valence-electron chi connectivity index (χ3n) is 1.94. The lowest BCUT2D eigenvalue weighted by Gasteiger charge is -2.19. The molecule has 0 aliphatic rings. The number of carbonyl (C=O) groups is 2. The fourth-order valence-electron chi connectivity index (χ4n) is 1.17. The second-order valence-electron chi connectivity index (χ2n) is 3.29. The largest absolute Gasteiger partial charge is 0.465 e. The summed E-state index contributed by atoms with van der Waals surface area (Å²) in [6.07, 6.45) is 1.47. The van der Waals surface area contributed by atoms with Crippen molar-refractivity contribution in [3.8, 4) is 0 Å². The van der Waals surface area contributed by atoms with Crippen molar-refractivity contribution in [1.29, 1.82) is 0 Å². The highest BCUT2D eigenvalue weighted by Gasteiger charge is 2.22. The smallest absolute Gasteiger partial charge is 0.323 e. The van der Waals surface area contributed by atoms with Crippen molar-refractivity contribution in [2.24, 2.45) is 0 Å². The summed E-state index contributed by atoms with van der Waals surface area (Å²) in [5, 5.41) is 2.35. The van der Waals surface area contributed by atoms with Crippen LogP contribution in [0.3, 0.4) is 0 Å².